The molecule has 0 amide bonds. The molecule has 1 N–H and O–H groups in total. The molecule has 2 nitrogen and oxygen atoms in total. The molecule has 1 heterocycles. The maximum atomic E-state index is 13.2. The molecule has 100 valence electrons. The molecule has 1 aromatic heterocycles. The predicted octanol–water partition coefficient (Wildman–Crippen LogP) is 4.19. The van der Waals surface area contributed by atoms with Gasteiger partial charge in [-0.25, -0.2) is 9.37 Å². The van der Waals surface area contributed by atoms with Crippen molar-refractivity contribution >= 4 is 27.3 Å². The van der Waals surface area contributed by atoms with Crippen molar-refractivity contribution < 1.29 is 4.39 Å². The molecule has 1 aliphatic carbocycles. The maximum Gasteiger partial charge on any atom is 0.124 e. The molecule has 1 saturated carbocycles. The lowest BCUT2D eigenvalue weighted by Gasteiger charge is -2.18. The van der Waals surface area contributed by atoms with Crippen LogP contribution in [0.3, 0.4) is 0 Å². The Balaban J connectivity index is 1.97. The van der Waals surface area contributed by atoms with Crippen molar-refractivity contribution in [3.8, 4) is 0 Å². The normalized spacial score (nSPS) is 16.6. The molecule has 1 unspecified atom stereocenters. The second-order valence-electron chi connectivity index (χ2n) is 4.87. The van der Waals surface area contributed by atoms with Crippen LogP contribution in [0.1, 0.15) is 35.1 Å². The van der Waals surface area contributed by atoms with Gasteiger partial charge in [0.15, 0.2) is 0 Å². The average molecular weight is 341 g/mol. The minimum absolute atomic E-state index is 0.0428. The number of rotatable bonds is 4. The van der Waals surface area contributed by atoms with Crippen LogP contribution in [0.15, 0.2) is 28.1 Å². The summed E-state index contributed by atoms with van der Waals surface area (Å²) < 4.78 is 14.0. The van der Waals surface area contributed by atoms with Crippen LogP contribution in [0.5, 0.6) is 0 Å². The van der Waals surface area contributed by atoms with Crippen molar-refractivity contribution in [2.45, 2.75) is 31.8 Å². The number of aryl methyl sites for hydroxylation is 1. The Morgan fingerprint density at radius 2 is 2.26 bits per heavy atom. The molecule has 0 radical (unpaired) electrons. The van der Waals surface area contributed by atoms with Crippen molar-refractivity contribution in [1.82, 2.24) is 10.3 Å². The third kappa shape index (κ3) is 3.04. The van der Waals surface area contributed by atoms with E-state index in [1.165, 1.54) is 25.0 Å². The minimum atomic E-state index is -0.226. The van der Waals surface area contributed by atoms with Gasteiger partial charge in [-0.2, -0.15) is 0 Å². The summed E-state index contributed by atoms with van der Waals surface area (Å²) in [5, 5.41) is 6.68. The molecule has 1 atom stereocenters. The minimum Gasteiger partial charge on any atom is -0.301 e. The van der Waals surface area contributed by atoms with E-state index in [1.807, 2.05) is 18.4 Å². The van der Waals surface area contributed by atoms with Gasteiger partial charge in [-0.1, -0.05) is 22.0 Å². The fourth-order valence-corrected chi connectivity index (χ4v) is 3.47. The van der Waals surface area contributed by atoms with Crippen LogP contribution in [-0.2, 0) is 0 Å². The summed E-state index contributed by atoms with van der Waals surface area (Å²) in [5.74, 6) is -0.226. The van der Waals surface area contributed by atoms with Gasteiger partial charge in [0.1, 0.15) is 10.8 Å². The summed E-state index contributed by atoms with van der Waals surface area (Å²) in [7, 11) is 0. The Hall–Kier alpha value is -0.780. The first-order valence-corrected chi connectivity index (χ1v) is 7.94. The van der Waals surface area contributed by atoms with Gasteiger partial charge in [0, 0.05) is 21.6 Å². The molecule has 1 aromatic carbocycles. The van der Waals surface area contributed by atoms with Crippen LogP contribution >= 0.6 is 27.3 Å². The summed E-state index contributed by atoms with van der Waals surface area (Å²) >= 11 is 5.11. The van der Waals surface area contributed by atoms with Crippen LogP contribution in [0.25, 0.3) is 0 Å². The van der Waals surface area contributed by atoms with Gasteiger partial charge in [0.25, 0.3) is 0 Å². The Bertz CT molecular complexity index is 595. The fraction of sp³-hybridized carbons (Fsp3) is 0.357. The number of aromatic nitrogens is 1. The number of thiazole rings is 1. The highest BCUT2D eigenvalue weighted by Crippen LogP contribution is 2.34. The van der Waals surface area contributed by atoms with Gasteiger partial charge in [-0.05, 0) is 37.5 Å². The van der Waals surface area contributed by atoms with Gasteiger partial charge in [-0.15, -0.1) is 11.3 Å². The lowest BCUT2D eigenvalue weighted by atomic mass is 10.1. The molecule has 1 aliphatic rings. The topological polar surface area (TPSA) is 24.9 Å². The molecule has 19 heavy (non-hydrogen) atoms. The zero-order valence-electron chi connectivity index (χ0n) is 10.5. The molecular weight excluding hydrogens is 327 g/mol. The van der Waals surface area contributed by atoms with E-state index in [9.17, 15) is 4.39 Å². The van der Waals surface area contributed by atoms with Crippen molar-refractivity contribution in [2.24, 2.45) is 0 Å². The van der Waals surface area contributed by atoms with E-state index in [4.69, 9.17) is 0 Å². The highest BCUT2D eigenvalue weighted by Gasteiger charge is 2.28. The van der Waals surface area contributed by atoms with Crippen molar-refractivity contribution in [3.63, 3.8) is 0 Å². The van der Waals surface area contributed by atoms with E-state index < -0.39 is 0 Å². The molecule has 0 bridgehead atoms. The zero-order chi connectivity index (χ0) is 13.4. The zero-order valence-corrected chi connectivity index (χ0v) is 12.9. The van der Waals surface area contributed by atoms with Crippen molar-refractivity contribution in [2.75, 3.05) is 0 Å². The second-order valence-corrected chi connectivity index (χ2v) is 6.61. The molecule has 1 fully saturated rings. The van der Waals surface area contributed by atoms with Crippen molar-refractivity contribution in [1.29, 1.82) is 0 Å². The molecule has 0 spiro atoms. The molecule has 2 aromatic rings. The number of hydrogen-bond donors (Lipinski definition) is 1. The first-order chi connectivity index (χ1) is 9.13. The van der Waals surface area contributed by atoms with E-state index >= 15 is 0 Å². The summed E-state index contributed by atoms with van der Waals surface area (Å²) in [6, 6.07) is 5.45. The highest BCUT2D eigenvalue weighted by atomic mass is 79.9. The first kappa shape index (κ1) is 13.2. The third-order valence-corrected chi connectivity index (χ3v) is 4.85. The standard InChI is InChI=1S/C14H14BrFN2S/c1-8-7-19-14(17-8)13(18-10-3-4-10)11-5-2-9(16)6-12(11)15/h2,5-7,10,13,18H,3-4H2,1H3. The van der Waals surface area contributed by atoms with E-state index in [0.29, 0.717) is 6.04 Å². The second kappa shape index (κ2) is 5.31. The summed E-state index contributed by atoms with van der Waals surface area (Å²) in [5.41, 5.74) is 2.07. The van der Waals surface area contributed by atoms with Gasteiger partial charge in [0.2, 0.25) is 0 Å². The number of nitrogens with one attached hydrogen (secondary N) is 1. The molecule has 0 saturated heterocycles. The monoisotopic (exact) mass is 340 g/mol. The lowest BCUT2D eigenvalue weighted by Crippen LogP contribution is -2.24. The number of benzene rings is 1. The van der Waals surface area contributed by atoms with Crippen LogP contribution in [0.4, 0.5) is 4.39 Å². The van der Waals surface area contributed by atoms with Gasteiger partial charge >= 0.3 is 0 Å². The maximum absolute atomic E-state index is 13.2. The molecular formula is C14H14BrFN2S. The SMILES string of the molecule is Cc1csc(C(NC2CC2)c2ccc(F)cc2Br)n1. The number of hydrogen-bond acceptors (Lipinski definition) is 3. The van der Waals surface area contributed by atoms with Crippen molar-refractivity contribution in [3.05, 3.63) is 50.1 Å². The van der Waals surface area contributed by atoms with Gasteiger partial charge in [-0.3, -0.25) is 0 Å². The van der Waals surface area contributed by atoms with Crippen LogP contribution in [0.2, 0.25) is 0 Å². The van der Waals surface area contributed by atoms with Gasteiger partial charge in [0.05, 0.1) is 6.04 Å². The van der Waals surface area contributed by atoms with E-state index in [0.717, 1.165) is 20.7 Å². The van der Waals surface area contributed by atoms with E-state index in [2.05, 4.69) is 26.2 Å². The number of halogens is 2. The van der Waals surface area contributed by atoms with Crippen LogP contribution in [-0.4, -0.2) is 11.0 Å². The largest absolute Gasteiger partial charge is 0.301 e. The molecule has 0 aliphatic heterocycles. The third-order valence-electron chi connectivity index (χ3n) is 3.14. The Morgan fingerprint density at radius 1 is 1.47 bits per heavy atom. The van der Waals surface area contributed by atoms with E-state index in [-0.39, 0.29) is 11.9 Å². The quantitative estimate of drug-likeness (QED) is 0.902. The predicted molar refractivity (Wildman–Crippen MR) is 79.0 cm³/mol. The Labute approximate surface area is 124 Å². The lowest BCUT2D eigenvalue weighted by molar-refractivity contribution is 0.589. The Kier molecular flexibility index (Phi) is 3.69. The molecule has 3 rings (SSSR count). The number of nitrogens with zero attached hydrogens (tertiary/aromatic N) is 1. The Morgan fingerprint density at radius 3 is 2.84 bits per heavy atom. The van der Waals surface area contributed by atoms with Crippen LogP contribution in [0, 0.1) is 12.7 Å². The van der Waals surface area contributed by atoms with E-state index in [1.54, 1.807) is 11.3 Å². The average Bonchev–Trinajstić information content (AvgIpc) is 3.08. The summed E-state index contributed by atoms with van der Waals surface area (Å²) in [6.45, 7) is 1.99. The highest BCUT2D eigenvalue weighted by molar-refractivity contribution is 9.10. The molecule has 5 heteroatoms. The smallest absolute Gasteiger partial charge is 0.124 e. The van der Waals surface area contributed by atoms with Gasteiger partial charge < -0.3 is 5.32 Å². The van der Waals surface area contributed by atoms with Crippen LogP contribution < -0.4 is 5.32 Å². The summed E-state index contributed by atoms with van der Waals surface area (Å²) in [4.78, 5) is 4.57. The first-order valence-electron chi connectivity index (χ1n) is 6.26. The fourth-order valence-electron chi connectivity index (χ4n) is 2.02. The summed E-state index contributed by atoms with van der Waals surface area (Å²) in [6.07, 6.45) is 2.42.